The zero-order valence-corrected chi connectivity index (χ0v) is 12.3. The second kappa shape index (κ2) is 5.83. The lowest BCUT2D eigenvalue weighted by Crippen LogP contribution is -2.48. The third-order valence-corrected chi connectivity index (χ3v) is 4.00. The molecule has 2 aromatic rings. The molecule has 1 aliphatic heterocycles. The van der Waals surface area contributed by atoms with Gasteiger partial charge in [-0.2, -0.15) is 0 Å². The van der Waals surface area contributed by atoms with Crippen LogP contribution >= 0.6 is 0 Å². The molecule has 1 aliphatic rings. The lowest BCUT2D eigenvalue weighted by atomic mass is 10.0. The molecular weight excluding hydrogens is 268 g/mol. The molecule has 0 bridgehead atoms. The van der Waals surface area contributed by atoms with Crippen molar-refractivity contribution in [1.82, 2.24) is 15.3 Å². The minimum Gasteiger partial charge on any atom is -0.378 e. The summed E-state index contributed by atoms with van der Waals surface area (Å²) in [6.45, 7) is 3.56. The fourth-order valence-electron chi connectivity index (χ4n) is 2.77. The molecule has 3 N–H and O–H groups in total. The van der Waals surface area contributed by atoms with Crippen LogP contribution in [0.1, 0.15) is 12.0 Å². The highest BCUT2D eigenvalue weighted by atomic mass is 16.5. The summed E-state index contributed by atoms with van der Waals surface area (Å²) in [5.41, 5.74) is 1.38. The first-order valence-corrected chi connectivity index (χ1v) is 7.17. The maximum Gasteiger partial charge on any atom is 0.251 e. The highest BCUT2D eigenvalue weighted by molar-refractivity contribution is 5.88. The lowest BCUT2D eigenvalue weighted by Gasteiger charge is -2.32. The Morgan fingerprint density at radius 2 is 2.33 bits per heavy atom. The van der Waals surface area contributed by atoms with Crippen LogP contribution in [0.15, 0.2) is 23.1 Å². The molecule has 0 aliphatic carbocycles. The molecule has 0 amide bonds. The molecule has 6 heteroatoms. The number of anilines is 1. The van der Waals surface area contributed by atoms with Crippen molar-refractivity contribution in [2.45, 2.75) is 25.5 Å². The molecular formula is C15H20N4O2. The van der Waals surface area contributed by atoms with Gasteiger partial charge in [0.25, 0.3) is 5.56 Å². The number of rotatable bonds is 3. The van der Waals surface area contributed by atoms with Gasteiger partial charge in [-0.15, -0.1) is 0 Å². The van der Waals surface area contributed by atoms with Gasteiger partial charge in [-0.3, -0.25) is 4.79 Å². The predicted molar refractivity (Wildman–Crippen MR) is 82.8 cm³/mol. The minimum absolute atomic E-state index is 0.0767. The van der Waals surface area contributed by atoms with Gasteiger partial charge in [0.2, 0.25) is 0 Å². The molecule has 112 valence electrons. The third kappa shape index (κ3) is 2.77. The summed E-state index contributed by atoms with van der Waals surface area (Å²) in [4.78, 5) is 19.1. The van der Waals surface area contributed by atoms with Crippen LogP contribution in [0, 0.1) is 6.92 Å². The Morgan fingerprint density at radius 1 is 1.48 bits per heavy atom. The van der Waals surface area contributed by atoms with E-state index in [4.69, 9.17) is 4.74 Å². The average molecular weight is 288 g/mol. The van der Waals surface area contributed by atoms with Crippen LogP contribution in [0.3, 0.4) is 0 Å². The van der Waals surface area contributed by atoms with Crippen molar-refractivity contribution in [1.29, 1.82) is 0 Å². The number of hydrogen-bond donors (Lipinski definition) is 3. The van der Waals surface area contributed by atoms with Gasteiger partial charge in [0.1, 0.15) is 0 Å². The van der Waals surface area contributed by atoms with E-state index in [-0.39, 0.29) is 17.7 Å². The zero-order chi connectivity index (χ0) is 14.8. The number of methoxy groups -OCH3 is 1. The maximum atomic E-state index is 11.9. The normalized spacial score (nSPS) is 22.4. The van der Waals surface area contributed by atoms with Crippen LogP contribution in [-0.2, 0) is 4.74 Å². The second-order valence-corrected chi connectivity index (χ2v) is 5.42. The Labute approximate surface area is 122 Å². The van der Waals surface area contributed by atoms with E-state index in [0.29, 0.717) is 11.4 Å². The number of aromatic nitrogens is 2. The van der Waals surface area contributed by atoms with Gasteiger partial charge in [-0.05, 0) is 32.0 Å². The fourth-order valence-corrected chi connectivity index (χ4v) is 2.77. The number of nitrogens with zero attached hydrogens (tertiary/aromatic N) is 1. The van der Waals surface area contributed by atoms with E-state index in [1.165, 1.54) is 0 Å². The van der Waals surface area contributed by atoms with Crippen molar-refractivity contribution in [2.75, 3.05) is 25.5 Å². The summed E-state index contributed by atoms with van der Waals surface area (Å²) in [6.07, 6.45) is 2.80. The quantitative estimate of drug-likeness (QED) is 0.786. The molecule has 2 aromatic heterocycles. The Bertz CT molecular complexity index is 698. The molecule has 1 saturated heterocycles. The standard InChI is InChI=1S/C15H20N4O2/c1-9-7-10-3-6-17-14(13(10)19-15(9)20)18-11-4-5-16-8-12(11)21-2/h3,6-7,11-12,16H,4-5,8H2,1-2H3,(H,17,18)(H,19,20)/t11-,12+/m0/s1. The Morgan fingerprint density at radius 3 is 3.14 bits per heavy atom. The van der Waals surface area contributed by atoms with Crippen molar-refractivity contribution >= 4 is 16.7 Å². The molecule has 0 saturated carbocycles. The number of nitrogens with one attached hydrogen (secondary N) is 3. The molecule has 3 rings (SSSR count). The number of pyridine rings is 2. The van der Waals surface area contributed by atoms with Crippen LogP contribution in [0.4, 0.5) is 5.82 Å². The average Bonchev–Trinajstić information content (AvgIpc) is 2.50. The van der Waals surface area contributed by atoms with Crippen molar-refractivity contribution in [2.24, 2.45) is 0 Å². The van der Waals surface area contributed by atoms with E-state index >= 15 is 0 Å². The van der Waals surface area contributed by atoms with Gasteiger partial charge < -0.3 is 20.4 Å². The fraction of sp³-hybridized carbons (Fsp3) is 0.467. The Kier molecular flexibility index (Phi) is 3.90. The van der Waals surface area contributed by atoms with Crippen LogP contribution in [0.25, 0.3) is 10.9 Å². The Balaban J connectivity index is 1.96. The summed E-state index contributed by atoms with van der Waals surface area (Å²) in [5.74, 6) is 0.707. The first-order valence-electron chi connectivity index (χ1n) is 7.17. The van der Waals surface area contributed by atoms with Crippen LogP contribution in [0.5, 0.6) is 0 Å². The van der Waals surface area contributed by atoms with Gasteiger partial charge in [-0.1, -0.05) is 0 Å². The van der Waals surface area contributed by atoms with Crippen LogP contribution < -0.4 is 16.2 Å². The Hall–Kier alpha value is -1.92. The second-order valence-electron chi connectivity index (χ2n) is 5.42. The molecule has 3 heterocycles. The number of H-pyrrole nitrogens is 1. The van der Waals surface area contributed by atoms with Gasteiger partial charge >= 0.3 is 0 Å². The van der Waals surface area contributed by atoms with Gasteiger partial charge in [0.05, 0.1) is 17.7 Å². The maximum absolute atomic E-state index is 11.9. The summed E-state index contributed by atoms with van der Waals surface area (Å²) >= 11 is 0. The van der Waals surface area contributed by atoms with E-state index in [9.17, 15) is 4.79 Å². The zero-order valence-electron chi connectivity index (χ0n) is 12.3. The monoisotopic (exact) mass is 288 g/mol. The topological polar surface area (TPSA) is 79.0 Å². The van der Waals surface area contributed by atoms with Gasteiger partial charge in [0.15, 0.2) is 5.82 Å². The molecule has 0 aromatic carbocycles. The van der Waals surface area contributed by atoms with E-state index in [1.54, 1.807) is 20.2 Å². The van der Waals surface area contributed by atoms with Crippen molar-refractivity contribution in [3.63, 3.8) is 0 Å². The minimum atomic E-state index is -0.0767. The first kappa shape index (κ1) is 14.0. The van der Waals surface area contributed by atoms with Crippen LogP contribution in [-0.4, -0.2) is 42.3 Å². The van der Waals surface area contributed by atoms with E-state index in [0.717, 1.165) is 30.4 Å². The molecule has 0 unspecified atom stereocenters. The van der Waals surface area contributed by atoms with E-state index in [1.807, 2.05) is 12.1 Å². The number of aromatic amines is 1. The highest BCUT2D eigenvalue weighted by Crippen LogP contribution is 2.21. The van der Waals surface area contributed by atoms with Gasteiger partial charge in [-0.25, -0.2) is 4.98 Å². The van der Waals surface area contributed by atoms with Crippen molar-refractivity contribution in [3.8, 4) is 0 Å². The molecule has 0 spiro atoms. The number of aryl methyl sites for hydroxylation is 1. The summed E-state index contributed by atoms with van der Waals surface area (Å²) in [5, 5.41) is 7.72. The largest absolute Gasteiger partial charge is 0.378 e. The molecule has 1 fully saturated rings. The van der Waals surface area contributed by atoms with Gasteiger partial charge in [0, 0.05) is 30.8 Å². The number of hydrogen-bond acceptors (Lipinski definition) is 5. The number of ether oxygens (including phenoxy) is 1. The first-order chi connectivity index (χ1) is 10.2. The van der Waals surface area contributed by atoms with E-state index < -0.39 is 0 Å². The molecule has 6 nitrogen and oxygen atoms in total. The van der Waals surface area contributed by atoms with Crippen molar-refractivity contribution < 1.29 is 4.74 Å². The predicted octanol–water partition coefficient (Wildman–Crippen LogP) is 1.02. The summed E-state index contributed by atoms with van der Waals surface area (Å²) < 4.78 is 5.51. The number of piperidine rings is 1. The summed E-state index contributed by atoms with van der Waals surface area (Å²) in [6, 6.07) is 3.97. The van der Waals surface area contributed by atoms with Crippen molar-refractivity contribution in [3.05, 3.63) is 34.2 Å². The summed E-state index contributed by atoms with van der Waals surface area (Å²) in [7, 11) is 1.72. The van der Waals surface area contributed by atoms with E-state index in [2.05, 4.69) is 20.6 Å². The third-order valence-electron chi connectivity index (χ3n) is 4.00. The molecule has 21 heavy (non-hydrogen) atoms. The highest BCUT2D eigenvalue weighted by Gasteiger charge is 2.25. The van der Waals surface area contributed by atoms with Crippen LogP contribution in [0.2, 0.25) is 0 Å². The number of fused-ring (bicyclic) bond motifs is 1. The SMILES string of the molecule is CO[C@@H]1CNCC[C@@H]1Nc1nccc2cc(C)c(=O)[nH]c12. The smallest absolute Gasteiger partial charge is 0.251 e. The lowest BCUT2D eigenvalue weighted by molar-refractivity contribution is 0.0706. The molecule has 0 radical (unpaired) electrons. The molecule has 2 atom stereocenters.